The van der Waals surface area contributed by atoms with Crippen molar-refractivity contribution in [3.8, 4) is 5.75 Å². The van der Waals surface area contributed by atoms with E-state index in [4.69, 9.17) is 15.6 Å². The van der Waals surface area contributed by atoms with Gasteiger partial charge in [-0.2, -0.15) is 0 Å². The van der Waals surface area contributed by atoms with Crippen molar-refractivity contribution in [2.45, 2.75) is 32.2 Å². The number of nitrogens with two attached hydrogens (primary N) is 1. The topological polar surface area (TPSA) is 55.5 Å². The molecule has 90 valence electrons. The third kappa shape index (κ3) is 4.64. The van der Waals surface area contributed by atoms with Crippen LogP contribution in [0.2, 0.25) is 0 Å². The molecule has 1 aromatic rings. The quantitative estimate of drug-likeness (QED) is 0.697. The molecule has 3 N–H and O–H groups in total. The molecule has 3 heteroatoms. The number of unbranched alkanes of at least 4 members (excludes halogenated alkanes) is 2. The van der Waals surface area contributed by atoms with Crippen LogP contribution >= 0.6 is 0 Å². The molecule has 0 bridgehead atoms. The zero-order valence-electron chi connectivity index (χ0n) is 9.86. The van der Waals surface area contributed by atoms with Crippen LogP contribution in [0, 0.1) is 0 Å². The Hall–Kier alpha value is -1.06. The van der Waals surface area contributed by atoms with E-state index in [0.717, 1.165) is 30.6 Å². The maximum absolute atomic E-state index is 8.63. The summed E-state index contributed by atoms with van der Waals surface area (Å²) in [6, 6.07) is 7.93. The molecular formula is C13H21NO2. The first-order valence-electron chi connectivity index (χ1n) is 5.83. The van der Waals surface area contributed by atoms with Crippen molar-refractivity contribution in [1.29, 1.82) is 0 Å². The van der Waals surface area contributed by atoms with Gasteiger partial charge in [-0.05, 0) is 43.9 Å². The van der Waals surface area contributed by atoms with E-state index in [2.05, 4.69) is 0 Å². The van der Waals surface area contributed by atoms with Crippen LogP contribution in [-0.4, -0.2) is 18.3 Å². The van der Waals surface area contributed by atoms with E-state index in [9.17, 15) is 0 Å². The molecule has 3 nitrogen and oxygen atoms in total. The number of hydrogen-bond acceptors (Lipinski definition) is 3. The van der Waals surface area contributed by atoms with Gasteiger partial charge in [0.15, 0.2) is 0 Å². The van der Waals surface area contributed by atoms with Crippen LogP contribution in [0.25, 0.3) is 0 Å². The smallest absolute Gasteiger partial charge is 0.119 e. The Morgan fingerprint density at radius 3 is 2.81 bits per heavy atom. The highest BCUT2D eigenvalue weighted by Crippen LogP contribution is 2.17. The lowest BCUT2D eigenvalue weighted by molar-refractivity contribution is 0.266. The second-order valence-electron chi connectivity index (χ2n) is 3.99. The summed E-state index contributed by atoms with van der Waals surface area (Å²) in [6.07, 6.45) is 2.83. The predicted octanol–water partition coefficient (Wildman–Crippen LogP) is 2.25. The predicted molar refractivity (Wildman–Crippen MR) is 65.5 cm³/mol. The molecule has 0 fully saturated rings. The summed E-state index contributed by atoms with van der Waals surface area (Å²) in [5, 5.41) is 8.63. The average molecular weight is 223 g/mol. The summed E-state index contributed by atoms with van der Waals surface area (Å²) < 4.78 is 5.61. The molecule has 0 amide bonds. The van der Waals surface area contributed by atoms with Gasteiger partial charge in [-0.1, -0.05) is 12.1 Å². The summed E-state index contributed by atoms with van der Waals surface area (Å²) in [4.78, 5) is 0. The Morgan fingerprint density at radius 2 is 2.12 bits per heavy atom. The van der Waals surface area contributed by atoms with E-state index in [-0.39, 0.29) is 12.6 Å². The van der Waals surface area contributed by atoms with Crippen molar-refractivity contribution >= 4 is 0 Å². The molecule has 16 heavy (non-hydrogen) atoms. The first kappa shape index (κ1) is 13.0. The van der Waals surface area contributed by atoms with Gasteiger partial charge in [-0.25, -0.2) is 0 Å². The summed E-state index contributed by atoms with van der Waals surface area (Å²) in [7, 11) is 0. The lowest BCUT2D eigenvalue weighted by Gasteiger charge is -2.09. The van der Waals surface area contributed by atoms with Crippen LogP contribution in [0.4, 0.5) is 0 Å². The number of rotatable bonds is 7. The van der Waals surface area contributed by atoms with E-state index in [0.29, 0.717) is 6.61 Å². The number of benzene rings is 1. The van der Waals surface area contributed by atoms with E-state index in [1.165, 1.54) is 0 Å². The van der Waals surface area contributed by atoms with Gasteiger partial charge in [0.25, 0.3) is 0 Å². The van der Waals surface area contributed by atoms with Crippen LogP contribution in [0.1, 0.15) is 37.8 Å². The van der Waals surface area contributed by atoms with Gasteiger partial charge in [-0.3, -0.25) is 0 Å². The van der Waals surface area contributed by atoms with Crippen molar-refractivity contribution in [3.63, 3.8) is 0 Å². The molecule has 0 heterocycles. The Labute approximate surface area is 97.2 Å². The summed E-state index contributed by atoms with van der Waals surface area (Å²) in [6.45, 7) is 2.92. The van der Waals surface area contributed by atoms with Gasteiger partial charge in [0.05, 0.1) is 6.61 Å². The first-order chi connectivity index (χ1) is 7.74. The SMILES string of the molecule is CC(N)c1cccc(OCCCCCO)c1. The summed E-state index contributed by atoms with van der Waals surface area (Å²) in [5.41, 5.74) is 6.88. The third-order valence-corrected chi connectivity index (χ3v) is 2.46. The van der Waals surface area contributed by atoms with Gasteiger partial charge >= 0.3 is 0 Å². The molecule has 1 atom stereocenters. The first-order valence-corrected chi connectivity index (χ1v) is 5.83. The van der Waals surface area contributed by atoms with Crippen molar-refractivity contribution in [3.05, 3.63) is 29.8 Å². The van der Waals surface area contributed by atoms with Crippen LogP contribution in [-0.2, 0) is 0 Å². The molecule has 0 aliphatic heterocycles. The maximum Gasteiger partial charge on any atom is 0.119 e. The molecule has 0 saturated carbocycles. The van der Waals surface area contributed by atoms with Crippen molar-refractivity contribution < 1.29 is 9.84 Å². The Morgan fingerprint density at radius 1 is 1.31 bits per heavy atom. The highest BCUT2D eigenvalue weighted by Gasteiger charge is 2.00. The minimum Gasteiger partial charge on any atom is -0.494 e. The minimum atomic E-state index is 0.0398. The zero-order chi connectivity index (χ0) is 11.8. The molecule has 0 aliphatic carbocycles. The van der Waals surface area contributed by atoms with Crippen LogP contribution < -0.4 is 10.5 Å². The molecule has 0 aliphatic rings. The highest BCUT2D eigenvalue weighted by molar-refractivity contribution is 5.30. The molecule has 0 radical (unpaired) electrons. The van der Waals surface area contributed by atoms with Gasteiger partial charge in [0.2, 0.25) is 0 Å². The van der Waals surface area contributed by atoms with Crippen LogP contribution in [0.3, 0.4) is 0 Å². The highest BCUT2D eigenvalue weighted by atomic mass is 16.5. The molecule has 1 unspecified atom stereocenters. The van der Waals surface area contributed by atoms with Gasteiger partial charge in [-0.15, -0.1) is 0 Å². The van der Waals surface area contributed by atoms with E-state index in [1.807, 2.05) is 31.2 Å². The van der Waals surface area contributed by atoms with E-state index < -0.39 is 0 Å². The molecular weight excluding hydrogens is 202 g/mol. The van der Waals surface area contributed by atoms with E-state index >= 15 is 0 Å². The standard InChI is InChI=1S/C13H21NO2/c1-11(14)12-6-5-7-13(10-12)16-9-4-2-3-8-15/h5-7,10-11,15H,2-4,8-9,14H2,1H3. The van der Waals surface area contributed by atoms with Crippen molar-refractivity contribution in [2.75, 3.05) is 13.2 Å². The number of ether oxygens (including phenoxy) is 1. The largest absolute Gasteiger partial charge is 0.494 e. The van der Waals surface area contributed by atoms with Crippen LogP contribution in [0.5, 0.6) is 5.75 Å². The van der Waals surface area contributed by atoms with Gasteiger partial charge in [0, 0.05) is 12.6 Å². The Bertz CT molecular complexity index is 300. The molecule has 1 aromatic carbocycles. The molecule has 0 spiro atoms. The lowest BCUT2D eigenvalue weighted by Crippen LogP contribution is -2.05. The second-order valence-corrected chi connectivity index (χ2v) is 3.99. The fourth-order valence-corrected chi connectivity index (χ4v) is 1.47. The summed E-state index contributed by atoms with van der Waals surface area (Å²) in [5.74, 6) is 0.874. The summed E-state index contributed by atoms with van der Waals surface area (Å²) >= 11 is 0. The molecule has 0 saturated heterocycles. The van der Waals surface area contributed by atoms with Crippen molar-refractivity contribution in [1.82, 2.24) is 0 Å². The maximum atomic E-state index is 8.63. The molecule has 0 aromatic heterocycles. The van der Waals surface area contributed by atoms with Gasteiger partial charge < -0.3 is 15.6 Å². The fourth-order valence-electron chi connectivity index (χ4n) is 1.47. The lowest BCUT2D eigenvalue weighted by atomic mass is 10.1. The zero-order valence-corrected chi connectivity index (χ0v) is 9.86. The van der Waals surface area contributed by atoms with Crippen molar-refractivity contribution in [2.24, 2.45) is 5.73 Å². The monoisotopic (exact) mass is 223 g/mol. The van der Waals surface area contributed by atoms with Crippen LogP contribution in [0.15, 0.2) is 24.3 Å². The normalized spacial score (nSPS) is 12.4. The minimum absolute atomic E-state index is 0.0398. The average Bonchev–Trinajstić information content (AvgIpc) is 2.29. The number of aliphatic hydroxyl groups is 1. The third-order valence-electron chi connectivity index (χ3n) is 2.46. The Kier molecular flexibility index (Phi) is 5.90. The number of hydrogen-bond donors (Lipinski definition) is 2. The second kappa shape index (κ2) is 7.25. The molecule has 1 rings (SSSR count). The van der Waals surface area contributed by atoms with E-state index in [1.54, 1.807) is 0 Å². The van der Waals surface area contributed by atoms with Gasteiger partial charge in [0.1, 0.15) is 5.75 Å². The Balaban J connectivity index is 2.33. The fraction of sp³-hybridized carbons (Fsp3) is 0.538. The number of aliphatic hydroxyl groups excluding tert-OH is 1.